The van der Waals surface area contributed by atoms with Crippen molar-refractivity contribution < 1.29 is 5.11 Å². The molecule has 0 fully saturated rings. The second-order valence-corrected chi connectivity index (χ2v) is 8.85. The highest BCUT2D eigenvalue weighted by molar-refractivity contribution is 6.39. The van der Waals surface area contributed by atoms with Gasteiger partial charge < -0.3 is 25.5 Å². The summed E-state index contributed by atoms with van der Waals surface area (Å²) in [6.45, 7) is 3.96. The molecule has 2 aromatic rings. The minimum atomic E-state index is -0.465. The van der Waals surface area contributed by atoms with Crippen LogP contribution in [0.1, 0.15) is 0 Å². The van der Waals surface area contributed by atoms with Crippen molar-refractivity contribution >= 4 is 57.8 Å². The summed E-state index contributed by atoms with van der Waals surface area (Å²) in [6, 6.07) is 10.8. The van der Waals surface area contributed by atoms with Crippen LogP contribution in [0.15, 0.2) is 36.4 Å². The van der Waals surface area contributed by atoms with Crippen molar-refractivity contribution in [2.75, 3.05) is 64.0 Å². The molecule has 0 aliphatic carbocycles. The zero-order valence-electron chi connectivity index (χ0n) is 17.1. The number of aliphatic hydroxyl groups is 1. The van der Waals surface area contributed by atoms with Gasteiger partial charge in [0.25, 0.3) is 0 Å². The van der Waals surface area contributed by atoms with E-state index in [4.69, 9.17) is 46.4 Å². The van der Waals surface area contributed by atoms with E-state index in [1.807, 2.05) is 26.2 Å². The van der Waals surface area contributed by atoms with E-state index in [1.165, 1.54) is 0 Å². The van der Waals surface area contributed by atoms with Gasteiger partial charge in [-0.15, -0.1) is 0 Å². The number of hydrogen-bond donors (Lipinski definition) is 3. The highest BCUT2D eigenvalue weighted by Gasteiger charge is 2.12. The third-order valence-corrected chi connectivity index (χ3v) is 5.82. The van der Waals surface area contributed by atoms with Crippen LogP contribution in [0.5, 0.6) is 0 Å². The second kappa shape index (κ2) is 12.8. The summed E-state index contributed by atoms with van der Waals surface area (Å²) in [7, 11) is 3.94. The zero-order chi connectivity index (χ0) is 22.1. The Kier molecular flexibility index (Phi) is 10.8. The third-order valence-electron chi connectivity index (χ3n) is 4.56. The van der Waals surface area contributed by atoms with Crippen LogP contribution in [0.4, 0.5) is 11.4 Å². The molecule has 9 heteroatoms. The highest BCUT2D eigenvalue weighted by atomic mass is 35.5. The number of benzene rings is 2. The number of hydrogen-bond acceptors (Lipinski definition) is 5. The molecule has 0 aliphatic rings. The van der Waals surface area contributed by atoms with Crippen molar-refractivity contribution in [1.82, 2.24) is 9.80 Å². The highest BCUT2D eigenvalue weighted by Crippen LogP contribution is 2.30. The maximum Gasteiger partial charge on any atom is 0.0793 e. The van der Waals surface area contributed by atoms with Gasteiger partial charge in [0.2, 0.25) is 0 Å². The molecule has 0 saturated heterocycles. The van der Waals surface area contributed by atoms with E-state index in [2.05, 4.69) is 20.4 Å². The first-order valence-electron chi connectivity index (χ1n) is 9.69. The first kappa shape index (κ1) is 25.3. The van der Waals surface area contributed by atoms with Gasteiger partial charge in [-0.3, -0.25) is 0 Å². The summed E-state index contributed by atoms with van der Waals surface area (Å²) in [4.78, 5) is 4.13. The molecular formula is C21H28Cl4N4O. The SMILES string of the molecule is CN(CCNc1c(Cl)cccc1Cl)CC(O)CN(C)CCNc1c(Cl)cccc1Cl. The van der Waals surface area contributed by atoms with Crippen LogP contribution in [0, 0.1) is 0 Å². The Morgan fingerprint density at radius 1 is 0.733 bits per heavy atom. The Balaban J connectivity index is 1.66. The molecule has 0 radical (unpaired) electrons. The monoisotopic (exact) mass is 492 g/mol. The lowest BCUT2D eigenvalue weighted by Crippen LogP contribution is -2.40. The molecule has 0 unspecified atom stereocenters. The molecule has 0 atom stereocenters. The number of aliphatic hydroxyl groups excluding tert-OH is 1. The Labute approximate surface area is 198 Å². The maximum atomic E-state index is 10.4. The molecule has 0 amide bonds. The van der Waals surface area contributed by atoms with Crippen molar-refractivity contribution in [3.05, 3.63) is 56.5 Å². The summed E-state index contributed by atoms with van der Waals surface area (Å²) in [5.74, 6) is 0. The molecule has 0 heterocycles. The van der Waals surface area contributed by atoms with Crippen molar-refractivity contribution in [2.24, 2.45) is 0 Å². The van der Waals surface area contributed by atoms with E-state index in [0.29, 0.717) is 46.3 Å². The zero-order valence-corrected chi connectivity index (χ0v) is 20.2. The molecule has 0 aromatic heterocycles. The van der Waals surface area contributed by atoms with Gasteiger partial charge in [0, 0.05) is 39.3 Å². The van der Waals surface area contributed by atoms with E-state index < -0.39 is 6.10 Å². The number of halogens is 4. The van der Waals surface area contributed by atoms with E-state index in [1.54, 1.807) is 24.3 Å². The number of para-hydroxylation sites is 2. The fourth-order valence-electron chi connectivity index (χ4n) is 3.04. The average Bonchev–Trinajstić information content (AvgIpc) is 2.66. The molecular weight excluding hydrogens is 466 g/mol. The predicted octanol–water partition coefficient (Wildman–Crippen LogP) is 5.05. The first-order valence-corrected chi connectivity index (χ1v) is 11.2. The molecule has 166 valence electrons. The molecule has 5 nitrogen and oxygen atoms in total. The molecule has 2 aromatic carbocycles. The van der Waals surface area contributed by atoms with Crippen LogP contribution in [-0.4, -0.2) is 74.4 Å². The Morgan fingerprint density at radius 2 is 1.07 bits per heavy atom. The fourth-order valence-corrected chi connectivity index (χ4v) is 4.10. The summed E-state index contributed by atoms with van der Waals surface area (Å²) < 4.78 is 0. The summed E-state index contributed by atoms with van der Waals surface area (Å²) in [5, 5.41) is 19.3. The lowest BCUT2D eigenvalue weighted by Gasteiger charge is -2.25. The normalized spacial score (nSPS) is 11.5. The summed E-state index contributed by atoms with van der Waals surface area (Å²) in [6.07, 6.45) is -0.465. The number of anilines is 2. The van der Waals surface area contributed by atoms with Crippen molar-refractivity contribution in [1.29, 1.82) is 0 Å². The summed E-state index contributed by atoms with van der Waals surface area (Å²) >= 11 is 24.6. The average molecular weight is 494 g/mol. The van der Waals surface area contributed by atoms with E-state index >= 15 is 0 Å². The van der Waals surface area contributed by atoms with Gasteiger partial charge in [-0.2, -0.15) is 0 Å². The largest absolute Gasteiger partial charge is 0.390 e. The van der Waals surface area contributed by atoms with Gasteiger partial charge in [-0.25, -0.2) is 0 Å². The number of nitrogens with zero attached hydrogens (tertiary/aromatic N) is 2. The quantitative estimate of drug-likeness (QED) is 0.386. The fraction of sp³-hybridized carbons (Fsp3) is 0.429. The molecule has 0 bridgehead atoms. The van der Waals surface area contributed by atoms with Gasteiger partial charge in [-0.05, 0) is 38.4 Å². The standard InChI is InChI=1S/C21H28Cl4N4O/c1-28(11-9-26-20-16(22)5-3-6-17(20)23)13-15(30)14-29(2)12-10-27-21-18(24)7-4-8-19(21)25/h3-8,15,26-27,30H,9-14H2,1-2H3. The van der Waals surface area contributed by atoms with Gasteiger partial charge in [0.1, 0.15) is 0 Å². The lowest BCUT2D eigenvalue weighted by atomic mass is 10.3. The van der Waals surface area contributed by atoms with Gasteiger partial charge in [0.15, 0.2) is 0 Å². The Bertz CT molecular complexity index is 703. The summed E-state index contributed by atoms with van der Waals surface area (Å²) in [5.41, 5.74) is 1.47. The van der Waals surface area contributed by atoms with Gasteiger partial charge in [0.05, 0.1) is 37.6 Å². The van der Waals surface area contributed by atoms with Crippen LogP contribution in [-0.2, 0) is 0 Å². The van der Waals surface area contributed by atoms with E-state index in [0.717, 1.165) is 24.5 Å². The second-order valence-electron chi connectivity index (χ2n) is 7.23. The number of rotatable bonds is 12. The van der Waals surface area contributed by atoms with Crippen molar-refractivity contribution in [3.63, 3.8) is 0 Å². The van der Waals surface area contributed by atoms with Crippen molar-refractivity contribution in [2.45, 2.75) is 6.10 Å². The molecule has 3 N–H and O–H groups in total. The first-order chi connectivity index (χ1) is 14.3. The Hall–Kier alpha value is -0.920. The minimum Gasteiger partial charge on any atom is -0.390 e. The topological polar surface area (TPSA) is 50.8 Å². The van der Waals surface area contributed by atoms with Crippen LogP contribution in [0.25, 0.3) is 0 Å². The smallest absolute Gasteiger partial charge is 0.0793 e. The Morgan fingerprint density at radius 3 is 1.40 bits per heavy atom. The van der Waals surface area contributed by atoms with E-state index in [-0.39, 0.29) is 0 Å². The van der Waals surface area contributed by atoms with Gasteiger partial charge in [-0.1, -0.05) is 58.5 Å². The lowest BCUT2D eigenvalue weighted by molar-refractivity contribution is 0.0937. The number of likely N-dealkylation sites (N-methyl/N-ethyl adjacent to an activating group) is 2. The van der Waals surface area contributed by atoms with Crippen LogP contribution < -0.4 is 10.6 Å². The third kappa shape index (κ3) is 8.31. The molecule has 0 aliphatic heterocycles. The van der Waals surface area contributed by atoms with Gasteiger partial charge >= 0.3 is 0 Å². The molecule has 30 heavy (non-hydrogen) atoms. The van der Waals surface area contributed by atoms with Crippen LogP contribution in [0.3, 0.4) is 0 Å². The predicted molar refractivity (Wildman–Crippen MR) is 131 cm³/mol. The van der Waals surface area contributed by atoms with Crippen LogP contribution >= 0.6 is 46.4 Å². The number of nitrogens with one attached hydrogen (secondary N) is 2. The molecule has 2 rings (SSSR count). The molecule has 0 spiro atoms. The van der Waals surface area contributed by atoms with Crippen molar-refractivity contribution in [3.8, 4) is 0 Å². The van der Waals surface area contributed by atoms with Crippen LogP contribution in [0.2, 0.25) is 20.1 Å². The maximum absolute atomic E-state index is 10.4. The molecule has 0 saturated carbocycles. The van der Waals surface area contributed by atoms with E-state index in [9.17, 15) is 5.11 Å². The minimum absolute atomic E-state index is 0.465.